The zero-order chi connectivity index (χ0) is 13.5. The molecule has 100 valence electrons. The minimum Gasteiger partial charge on any atom is -0.348 e. The molecule has 3 nitrogen and oxygen atoms in total. The molecule has 1 aromatic carbocycles. The Morgan fingerprint density at radius 3 is 2.67 bits per heavy atom. The Kier molecular flexibility index (Phi) is 5.86. The lowest BCUT2D eigenvalue weighted by Crippen LogP contribution is -2.41. The fourth-order valence-corrected chi connectivity index (χ4v) is 2.03. The van der Waals surface area contributed by atoms with E-state index in [-0.39, 0.29) is 11.9 Å². The Balaban J connectivity index is 2.57. The van der Waals surface area contributed by atoms with E-state index in [1.807, 2.05) is 25.1 Å². The summed E-state index contributed by atoms with van der Waals surface area (Å²) in [7, 11) is 0. The summed E-state index contributed by atoms with van der Waals surface area (Å²) < 4.78 is 0. The number of aryl methyl sites for hydroxylation is 1. The van der Waals surface area contributed by atoms with E-state index in [1.165, 1.54) is 5.56 Å². The Morgan fingerprint density at radius 2 is 2.06 bits per heavy atom. The summed E-state index contributed by atoms with van der Waals surface area (Å²) in [5, 5.41) is 2.98. The van der Waals surface area contributed by atoms with E-state index in [1.54, 1.807) is 0 Å². The molecule has 1 rings (SSSR count). The van der Waals surface area contributed by atoms with Crippen molar-refractivity contribution >= 4 is 5.91 Å². The average molecular weight is 248 g/mol. The first-order valence-electron chi connectivity index (χ1n) is 6.67. The van der Waals surface area contributed by atoms with Gasteiger partial charge in [-0.05, 0) is 31.4 Å². The predicted octanol–water partition coefficient (Wildman–Crippen LogP) is 2.69. The summed E-state index contributed by atoms with van der Waals surface area (Å²) in [6.07, 6.45) is 2.81. The minimum absolute atomic E-state index is 0.00590. The third-order valence-corrected chi connectivity index (χ3v) is 3.22. The number of carbonyl (C=O) groups excluding carboxylic acids is 1. The molecule has 18 heavy (non-hydrogen) atoms. The van der Waals surface area contributed by atoms with Gasteiger partial charge in [-0.15, -0.1) is 0 Å². The molecule has 0 spiro atoms. The van der Waals surface area contributed by atoms with E-state index in [9.17, 15) is 4.79 Å². The van der Waals surface area contributed by atoms with Crippen LogP contribution in [0.3, 0.4) is 0 Å². The Bertz CT molecular complexity index is 390. The highest BCUT2D eigenvalue weighted by molar-refractivity contribution is 5.81. The quantitative estimate of drug-likeness (QED) is 0.813. The van der Waals surface area contributed by atoms with Crippen molar-refractivity contribution in [1.29, 1.82) is 0 Å². The van der Waals surface area contributed by atoms with Crippen LogP contribution < -0.4 is 11.1 Å². The molecule has 1 aromatic rings. The number of carbonyl (C=O) groups is 1. The van der Waals surface area contributed by atoms with Crippen LogP contribution in [0, 0.1) is 6.92 Å². The fraction of sp³-hybridized carbons (Fsp3) is 0.533. The zero-order valence-corrected chi connectivity index (χ0v) is 11.6. The second-order valence-corrected chi connectivity index (χ2v) is 4.84. The highest BCUT2D eigenvalue weighted by Crippen LogP contribution is 2.16. The van der Waals surface area contributed by atoms with Crippen molar-refractivity contribution in [2.24, 2.45) is 5.73 Å². The molecule has 0 saturated heterocycles. The SMILES string of the molecule is CCCCC(N)C(=O)N[C@H](C)c1ccccc1C. The van der Waals surface area contributed by atoms with Crippen LogP contribution in [0.25, 0.3) is 0 Å². The van der Waals surface area contributed by atoms with Gasteiger partial charge >= 0.3 is 0 Å². The van der Waals surface area contributed by atoms with Crippen molar-refractivity contribution in [2.45, 2.75) is 52.1 Å². The molecule has 0 aliphatic rings. The van der Waals surface area contributed by atoms with Crippen LogP contribution in [0.4, 0.5) is 0 Å². The molecular formula is C15H24N2O. The molecule has 0 aliphatic carbocycles. The van der Waals surface area contributed by atoms with Crippen molar-refractivity contribution in [3.05, 3.63) is 35.4 Å². The van der Waals surface area contributed by atoms with Gasteiger partial charge in [0, 0.05) is 0 Å². The topological polar surface area (TPSA) is 55.1 Å². The van der Waals surface area contributed by atoms with Crippen molar-refractivity contribution in [3.63, 3.8) is 0 Å². The van der Waals surface area contributed by atoms with Crippen LogP contribution in [-0.4, -0.2) is 11.9 Å². The number of unbranched alkanes of at least 4 members (excludes halogenated alkanes) is 1. The molecule has 0 radical (unpaired) electrons. The molecule has 0 heterocycles. The van der Waals surface area contributed by atoms with Crippen LogP contribution in [-0.2, 0) is 4.79 Å². The Morgan fingerprint density at radius 1 is 1.39 bits per heavy atom. The number of nitrogens with two attached hydrogens (primary N) is 1. The number of nitrogens with one attached hydrogen (secondary N) is 1. The summed E-state index contributed by atoms with van der Waals surface area (Å²) in [4.78, 5) is 11.9. The smallest absolute Gasteiger partial charge is 0.237 e. The van der Waals surface area contributed by atoms with E-state index in [2.05, 4.69) is 25.2 Å². The first kappa shape index (κ1) is 14.7. The lowest BCUT2D eigenvalue weighted by Gasteiger charge is -2.19. The summed E-state index contributed by atoms with van der Waals surface area (Å²) >= 11 is 0. The minimum atomic E-state index is -0.392. The second-order valence-electron chi connectivity index (χ2n) is 4.84. The molecule has 0 fully saturated rings. The average Bonchev–Trinajstić information content (AvgIpc) is 2.36. The molecule has 0 saturated carbocycles. The molecular weight excluding hydrogens is 224 g/mol. The predicted molar refractivity (Wildman–Crippen MR) is 75.2 cm³/mol. The number of benzene rings is 1. The number of hydrogen-bond donors (Lipinski definition) is 2. The molecule has 0 bridgehead atoms. The summed E-state index contributed by atoms with van der Waals surface area (Å²) in [6.45, 7) is 6.14. The van der Waals surface area contributed by atoms with Crippen LogP contribution in [0.5, 0.6) is 0 Å². The van der Waals surface area contributed by atoms with E-state index in [4.69, 9.17) is 5.73 Å². The van der Waals surface area contributed by atoms with Gasteiger partial charge in [0.2, 0.25) is 5.91 Å². The summed E-state index contributed by atoms with van der Waals surface area (Å²) in [5.74, 6) is -0.0563. The highest BCUT2D eigenvalue weighted by Gasteiger charge is 2.16. The summed E-state index contributed by atoms with van der Waals surface area (Å²) in [5.41, 5.74) is 8.19. The Hall–Kier alpha value is -1.35. The van der Waals surface area contributed by atoms with Gasteiger partial charge in [0.15, 0.2) is 0 Å². The molecule has 3 heteroatoms. The van der Waals surface area contributed by atoms with Crippen LogP contribution >= 0.6 is 0 Å². The van der Waals surface area contributed by atoms with Crippen molar-refractivity contribution in [1.82, 2.24) is 5.32 Å². The van der Waals surface area contributed by atoms with E-state index < -0.39 is 6.04 Å². The largest absolute Gasteiger partial charge is 0.348 e. The first-order valence-corrected chi connectivity index (χ1v) is 6.67. The Labute approximate surface area is 110 Å². The van der Waals surface area contributed by atoms with Gasteiger partial charge in [-0.25, -0.2) is 0 Å². The van der Waals surface area contributed by atoms with E-state index in [0.29, 0.717) is 0 Å². The summed E-state index contributed by atoms with van der Waals surface area (Å²) in [6, 6.07) is 7.69. The third kappa shape index (κ3) is 4.15. The molecule has 1 amide bonds. The van der Waals surface area contributed by atoms with Gasteiger partial charge in [0.25, 0.3) is 0 Å². The lowest BCUT2D eigenvalue weighted by molar-refractivity contribution is -0.123. The molecule has 2 atom stereocenters. The lowest BCUT2D eigenvalue weighted by atomic mass is 10.0. The fourth-order valence-electron chi connectivity index (χ4n) is 2.03. The van der Waals surface area contributed by atoms with Gasteiger partial charge in [0.05, 0.1) is 12.1 Å². The maximum Gasteiger partial charge on any atom is 0.237 e. The van der Waals surface area contributed by atoms with Crippen molar-refractivity contribution in [3.8, 4) is 0 Å². The molecule has 3 N–H and O–H groups in total. The van der Waals surface area contributed by atoms with Gasteiger partial charge in [-0.3, -0.25) is 4.79 Å². The monoisotopic (exact) mass is 248 g/mol. The maximum atomic E-state index is 11.9. The van der Waals surface area contributed by atoms with Crippen LogP contribution in [0.2, 0.25) is 0 Å². The first-order chi connectivity index (χ1) is 8.56. The standard InChI is InChI=1S/C15H24N2O/c1-4-5-10-14(16)15(18)17-12(3)13-9-7-6-8-11(13)2/h6-9,12,14H,4-5,10,16H2,1-3H3,(H,17,18)/t12-,14?/m1/s1. The van der Waals surface area contributed by atoms with Gasteiger partial charge in [-0.1, -0.05) is 44.0 Å². The van der Waals surface area contributed by atoms with Crippen LogP contribution in [0.15, 0.2) is 24.3 Å². The van der Waals surface area contributed by atoms with Crippen LogP contribution in [0.1, 0.15) is 50.3 Å². The number of amides is 1. The zero-order valence-electron chi connectivity index (χ0n) is 11.6. The third-order valence-electron chi connectivity index (χ3n) is 3.22. The molecule has 1 unspecified atom stereocenters. The second kappa shape index (κ2) is 7.17. The molecule has 0 aliphatic heterocycles. The molecule has 0 aromatic heterocycles. The van der Waals surface area contributed by atoms with E-state index in [0.717, 1.165) is 24.8 Å². The van der Waals surface area contributed by atoms with Crippen molar-refractivity contribution in [2.75, 3.05) is 0 Å². The normalized spacial score (nSPS) is 14.0. The number of rotatable bonds is 6. The van der Waals surface area contributed by atoms with Gasteiger partial charge < -0.3 is 11.1 Å². The highest BCUT2D eigenvalue weighted by atomic mass is 16.2. The van der Waals surface area contributed by atoms with Gasteiger partial charge in [-0.2, -0.15) is 0 Å². The number of hydrogen-bond acceptors (Lipinski definition) is 2. The maximum absolute atomic E-state index is 11.9. The van der Waals surface area contributed by atoms with Crippen molar-refractivity contribution < 1.29 is 4.79 Å². The van der Waals surface area contributed by atoms with E-state index >= 15 is 0 Å². The van der Waals surface area contributed by atoms with Gasteiger partial charge in [0.1, 0.15) is 0 Å².